The summed E-state index contributed by atoms with van der Waals surface area (Å²) in [6.07, 6.45) is 3.05. The number of rotatable bonds is 3. The van der Waals surface area contributed by atoms with Gasteiger partial charge in [-0.3, -0.25) is 9.59 Å². The molecule has 0 spiro atoms. The Morgan fingerprint density at radius 1 is 1.35 bits per heavy atom. The molecule has 0 radical (unpaired) electrons. The second kappa shape index (κ2) is 6.50. The Bertz CT molecular complexity index is 789. The fourth-order valence-corrected chi connectivity index (χ4v) is 3.39. The van der Waals surface area contributed by atoms with Crippen molar-refractivity contribution in [1.29, 1.82) is 0 Å². The molecule has 3 rings (SSSR count). The lowest BCUT2D eigenvalue weighted by Gasteiger charge is -2.16. The number of anilines is 1. The van der Waals surface area contributed by atoms with Gasteiger partial charge in [-0.2, -0.15) is 4.99 Å². The van der Waals surface area contributed by atoms with Crippen molar-refractivity contribution >= 4 is 28.8 Å². The van der Waals surface area contributed by atoms with E-state index in [0.29, 0.717) is 11.3 Å². The van der Waals surface area contributed by atoms with Gasteiger partial charge in [0.1, 0.15) is 0 Å². The van der Waals surface area contributed by atoms with Crippen LogP contribution < -0.4 is 9.70 Å². The third-order valence-corrected chi connectivity index (χ3v) is 4.94. The molecule has 0 unspecified atom stereocenters. The Hall–Kier alpha value is -2.21. The molecule has 2 amide bonds. The Labute approximate surface area is 138 Å². The molecule has 5 nitrogen and oxygen atoms in total. The van der Waals surface area contributed by atoms with Gasteiger partial charge in [0.15, 0.2) is 4.80 Å². The first kappa shape index (κ1) is 15.7. The number of nitrogens with zero attached hydrogens (tertiary/aromatic N) is 3. The van der Waals surface area contributed by atoms with Gasteiger partial charge in [0, 0.05) is 37.3 Å². The summed E-state index contributed by atoms with van der Waals surface area (Å²) in [4.78, 5) is 31.1. The van der Waals surface area contributed by atoms with Gasteiger partial charge in [0.25, 0.3) is 5.91 Å². The molecule has 1 aliphatic rings. The maximum atomic E-state index is 12.3. The normalized spacial score (nSPS) is 18.7. The zero-order valence-corrected chi connectivity index (χ0v) is 14.0. The van der Waals surface area contributed by atoms with Crippen molar-refractivity contribution in [2.75, 3.05) is 11.4 Å². The van der Waals surface area contributed by atoms with Crippen LogP contribution in [0.2, 0.25) is 0 Å². The van der Waals surface area contributed by atoms with Gasteiger partial charge < -0.3 is 9.47 Å². The number of hydrogen-bond acceptors (Lipinski definition) is 3. The van der Waals surface area contributed by atoms with Crippen LogP contribution in [0.4, 0.5) is 5.69 Å². The predicted molar refractivity (Wildman–Crippen MR) is 90.1 cm³/mol. The highest BCUT2D eigenvalue weighted by atomic mass is 32.1. The van der Waals surface area contributed by atoms with E-state index >= 15 is 0 Å². The van der Waals surface area contributed by atoms with Gasteiger partial charge in [-0.25, -0.2) is 0 Å². The van der Waals surface area contributed by atoms with Crippen LogP contribution in [0, 0.1) is 5.92 Å². The van der Waals surface area contributed by atoms with Crippen molar-refractivity contribution in [3.8, 4) is 0 Å². The van der Waals surface area contributed by atoms with E-state index < -0.39 is 0 Å². The summed E-state index contributed by atoms with van der Waals surface area (Å²) in [6, 6.07) is 7.93. The second-order valence-corrected chi connectivity index (χ2v) is 6.54. The fourth-order valence-electron chi connectivity index (χ4n) is 2.65. The van der Waals surface area contributed by atoms with Crippen LogP contribution in [0.25, 0.3) is 0 Å². The van der Waals surface area contributed by atoms with Gasteiger partial charge in [0.05, 0.1) is 5.92 Å². The molecule has 6 heteroatoms. The molecule has 0 aliphatic carbocycles. The first-order chi connectivity index (χ1) is 11.1. The van der Waals surface area contributed by atoms with Gasteiger partial charge in [-0.05, 0) is 24.1 Å². The molecular weight excluding hydrogens is 310 g/mol. The minimum atomic E-state index is -0.365. The molecule has 0 bridgehead atoms. The van der Waals surface area contributed by atoms with E-state index in [9.17, 15) is 9.59 Å². The molecule has 2 aromatic rings. The summed E-state index contributed by atoms with van der Waals surface area (Å²) in [5.74, 6) is -0.599. The van der Waals surface area contributed by atoms with Crippen molar-refractivity contribution in [3.05, 3.63) is 46.2 Å². The molecule has 1 atom stereocenters. The molecule has 1 saturated heterocycles. The fraction of sp³-hybridized carbons (Fsp3) is 0.353. The molecule has 120 valence electrons. The SMILES string of the molecule is CCc1ccc(N2C[C@H](C(=O)N=c3sccn3C)CC2=O)cc1. The van der Waals surface area contributed by atoms with Crippen LogP contribution >= 0.6 is 11.3 Å². The molecule has 23 heavy (non-hydrogen) atoms. The van der Waals surface area contributed by atoms with Crippen LogP contribution in [0.3, 0.4) is 0 Å². The molecule has 0 saturated carbocycles. The highest BCUT2D eigenvalue weighted by molar-refractivity contribution is 7.07. The van der Waals surface area contributed by atoms with E-state index in [1.54, 1.807) is 9.47 Å². The molecule has 1 aromatic carbocycles. The smallest absolute Gasteiger partial charge is 0.253 e. The van der Waals surface area contributed by atoms with E-state index in [-0.39, 0.29) is 24.2 Å². The van der Waals surface area contributed by atoms with E-state index in [0.717, 1.165) is 12.1 Å². The van der Waals surface area contributed by atoms with Crippen LogP contribution in [-0.4, -0.2) is 22.9 Å². The van der Waals surface area contributed by atoms with E-state index in [1.807, 2.05) is 42.9 Å². The second-order valence-electron chi connectivity index (χ2n) is 5.67. The van der Waals surface area contributed by atoms with E-state index in [1.165, 1.54) is 16.9 Å². The van der Waals surface area contributed by atoms with Gasteiger partial charge in [-0.15, -0.1) is 11.3 Å². The zero-order valence-electron chi connectivity index (χ0n) is 13.2. The maximum absolute atomic E-state index is 12.3. The average Bonchev–Trinajstić information content (AvgIpc) is 3.14. The maximum Gasteiger partial charge on any atom is 0.253 e. The molecule has 1 fully saturated rings. The summed E-state index contributed by atoms with van der Waals surface area (Å²) in [7, 11) is 1.85. The van der Waals surface area contributed by atoms with Gasteiger partial charge in [0.2, 0.25) is 5.91 Å². The van der Waals surface area contributed by atoms with E-state index in [4.69, 9.17) is 0 Å². The number of benzene rings is 1. The molecular formula is C17H19N3O2S. The van der Waals surface area contributed by atoms with Crippen molar-refractivity contribution < 1.29 is 9.59 Å². The standard InChI is InChI=1S/C17H19N3O2S/c1-3-12-4-6-14(7-5-12)20-11-13(10-15(20)21)16(22)18-17-19(2)8-9-23-17/h4-9,13H,3,10-11H2,1-2H3/t13-/m1/s1. The molecule has 0 N–H and O–H groups in total. The Morgan fingerprint density at radius 3 is 2.70 bits per heavy atom. The van der Waals surface area contributed by atoms with Gasteiger partial charge in [-0.1, -0.05) is 19.1 Å². The minimum Gasteiger partial charge on any atom is -0.327 e. The lowest BCUT2D eigenvalue weighted by Crippen LogP contribution is -2.26. The lowest BCUT2D eigenvalue weighted by atomic mass is 10.1. The summed E-state index contributed by atoms with van der Waals surface area (Å²) >= 11 is 1.42. The summed E-state index contributed by atoms with van der Waals surface area (Å²) in [5, 5.41) is 1.88. The first-order valence-corrected chi connectivity index (χ1v) is 8.54. The Kier molecular flexibility index (Phi) is 4.43. The summed E-state index contributed by atoms with van der Waals surface area (Å²) in [6.45, 7) is 2.50. The third kappa shape index (κ3) is 3.27. The van der Waals surface area contributed by atoms with Crippen molar-refractivity contribution in [2.45, 2.75) is 19.8 Å². The van der Waals surface area contributed by atoms with E-state index in [2.05, 4.69) is 11.9 Å². The summed E-state index contributed by atoms with van der Waals surface area (Å²) < 4.78 is 1.81. The average molecular weight is 329 g/mol. The molecule has 1 aliphatic heterocycles. The largest absolute Gasteiger partial charge is 0.327 e. The van der Waals surface area contributed by atoms with Crippen molar-refractivity contribution in [1.82, 2.24) is 4.57 Å². The Morgan fingerprint density at radius 2 is 2.09 bits per heavy atom. The number of thiazole rings is 1. The zero-order chi connectivity index (χ0) is 16.4. The number of amides is 2. The number of carbonyl (C=O) groups excluding carboxylic acids is 2. The highest BCUT2D eigenvalue weighted by Gasteiger charge is 2.35. The van der Waals surface area contributed by atoms with Gasteiger partial charge >= 0.3 is 0 Å². The number of carbonyl (C=O) groups is 2. The lowest BCUT2D eigenvalue weighted by molar-refractivity contribution is -0.123. The van der Waals surface area contributed by atoms with Crippen molar-refractivity contribution in [2.24, 2.45) is 18.0 Å². The number of hydrogen-bond donors (Lipinski definition) is 0. The monoisotopic (exact) mass is 329 g/mol. The highest BCUT2D eigenvalue weighted by Crippen LogP contribution is 2.26. The number of aryl methyl sites for hydroxylation is 2. The Balaban J connectivity index is 1.76. The van der Waals surface area contributed by atoms with Crippen LogP contribution in [0.1, 0.15) is 18.9 Å². The predicted octanol–water partition coefficient (Wildman–Crippen LogP) is 2.13. The van der Waals surface area contributed by atoms with Crippen LogP contribution in [-0.2, 0) is 23.1 Å². The molecule has 2 heterocycles. The quantitative estimate of drug-likeness (QED) is 0.866. The first-order valence-electron chi connectivity index (χ1n) is 7.66. The topological polar surface area (TPSA) is 54.7 Å². The molecule has 1 aromatic heterocycles. The number of aromatic nitrogens is 1. The van der Waals surface area contributed by atoms with Crippen LogP contribution in [0.15, 0.2) is 40.8 Å². The van der Waals surface area contributed by atoms with Crippen LogP contribution in [0.5, 0.6) is 0 Å². The third-order valence-electron chi connectivity index (χ3n) is 4.10. The van der Waals surface area contributed by atoms with Crippen molar-refractivity contribution in [3.63, 3.8) is 0 Å². The summed E-state index contributed by atoms with van der Waals surface area (Å²) in [5.41, 5.74) is 2.08. The minimum absolute atomic E-state index is 0.0154.